The van der Waals surface area contributed by atoms with E-state index in [4.69, 9.17) is 4.74 Å². The van der Waals surface area contributed by atoms with Gasteiger partial charge in [-0.05, 0) is 71.6 Å². The van der Waals surface area contributed by atoms with Crippen molar-refractivity contribution in [1.82, 2.24) is 4.31 Å². The molecule has 156 valence electrons. The number of hydrogen-bond donors (Lipinski definition) is 1. The summed E-state index contributed by atoms with van der Waals surface area (Å²) in [7, 11) is -3.61. The maximum Gasteiger partial charge on any atom is 0.262 e. The molecule has 1 aliphatic heterocycles. The van der Waals surface area contributed by atoms with Crippen LogP contribution in [-0.4, -0.2) is 38.3 Å². The number of aryl methyl sites for hydroxylation is 1. The summed E-state index contributed by atoms with van der Waals surface area (Å²) in [5.41, 5.74) is 0.998. The molecule has 29 heavy (non-hydrogen) atoms. The molecule has 1 heterocycles. The van der Waals surface area contributed by atoms with E-state index in [1.807, 2.05) is 0 Å². The molecule has 0 unspecified atom stereocenters. The van der Waals surface area contributed by atoms with Crippen molar-refractivity contribution in [3.05, 3.63) is 52.3 Å². The Morgan fingerprint density at radius 3 is 2.59 bits per heavy atom. The Bertz CT molecular complexity index is 1010. The van der Waals surface area contributed by atoms with Gasteiger partial charge in [-0.3, -0.25) is 4.79 Å². The molecule has 0 atom stereocenters. The number of benzene rings is 2. The molecule has 0 radical (unpaired) electrons. The Balaban J connectivity index is 1.69. The number of ether oxygens (including phenoxy) is 1. The first-order valence-electron chi connectivity index (χ1n) is 9.26. The summed E-state index contributed by atoms with van der Waals surface area (Å²) in [5, 5.41) is 2.65. The molecule has 1 saturated heterocycles. The van der Waals surface area contributed by atoms with Gasteiger partial charge in [0.25, 0.3) is 5.91 Å². The first-order valence-corrected chi connectivity index (χ1v) is 11.5. The van der Waals surface area contributed by atoms with Crippen LogP contribution in [0.15, 0.2) is 45.8 Å². The van der Waals surface area contributed by atoms with Gasteiger partial charge in [-0.2, -0.15) is 4.31 Å². The van der Waals surface area contributed by atoms with E-state index >= 15 is 0 Å². The van der Waals surface area contributed by atoms with Crippen LogP contribution < -0.4 is 10.1 Å². The van der Waals surface area contributed by atoms with Crippen molar-refractivity contribution in [3.63, 3.8) is 0 Å². The summed E-state index contributed by atoms with van der Waals surface area (Å²) < 4.78 is 46.4. The third kappa shape index (κ3) is 5.34. The second kappa shape index (κ2) is 9.23. The number of nitrogens with zero attached hydrogens (tertiary/aromatic N) is 1. The fraction of sp³-hybridized carbons (Fsp3) is 0.350. The van der Waals surface area contributed by atoms with Gasteiger partial charge in [-0.1, -0.05) is 12.5 Å². The predicted molar refractivity (Wildman–Crippen MR) is 112 cm³/mol. The van der Waals surface area contributed by atoms with Crippen molar-refractivity contribution in [2.45, 2.75) is 31.1 Å². The third-order valence-corrected chi connectivity index (χ3v) is 7.32. The number of halogens is 2. The number of carbonyl (C=O) groups excluding carboxylic acids is 1. The smallest absolute Gasteiger partial charge is 0.262 e. The lowest BCUT2D eigenvalue weighted by atomic mass is 10.2. The quantitative estimate of drug-likeness (QED) is 0.669. The van der Waals surface area contributed by atoms with Crippen molar-refractivity contribution < 1.29 is 22.3 Å². The number of hydrogen-bond acceptors (Lipinski definition) is 4. The molecule has 0 spiro atoms. The van der Waals surface area contributed by atoms with Gasteiger partial charge >= 0.3 is 0 Å². The monoisotopic (exact) mass is 484 g/mol. The molecule has 1 N–H and O–H groups in total. The molecule has 2 aromatic rings. The summed E-state index contributed by atoms with van der Waals surface area (Å²) in [5.74, 6) is -0.541. The van der Waals surface area contributed by atoms with E-state index in [2.05, 4.69) is 21.2 Å². The zero-order valence-electron chi connectivity index (χ0n) is 16.0. The number of nitrogens with one attached hydrogen (secondary N) is 1. The van der Waals surface area contributed by atoms with Crippen molar-refractivity contribution in [3.8, 4) is 5.75 Å². The molecule has 1 fully saturated rings. The summed E-state index contributed by atoms with van der Waals surface area (Å²) in [6, 6.07) is 8.69. The van der Waals surface area contributed by atoms with E-state index in [9.17, 15) is 17.6 Å². The highest BCUT2D eigenvalue weighted by Crippen LogP contribution is 2.27. The Morgan fingerprint density at radius 1 is 1.17 bits per heavy atom. The van der Waals surface area contributed by atoms with E-state index < -0.39 is 21.7 Å². The van der Waals surface area contributed by atoms with Gasteiger partial charge in [0, 0.05) is 18.8 Å². The minimum Gasteiger partial charge on any atom is -0.483 e. The summed E-state index contributed by atoms with van der Waals surface area (Å²) in [6.45, 7) is 2.46. The van der Waals surface area contributed by atoms with E-state index in [-0.39, 0.29) is 11.5 Å². The molecule has 6 nitrogen and oxygen atoms in total. The molecule has 0 bridgehead atoms. The van der Waals surface area contributed by atoms with Crippen molar-refractivity contribution in [2.75, 3.05) is 25.0 Å². The lowest BCUT2D eigenvalue weighted by molar-refractivity contribution is -0.118. The second-order valence-electron chi connectivity index (χ2n) is 6.86. The lowest BCUT2D eigenvalue weighted by Crippen LogP contribution is -2.36. The molecule has 1 aliphatic rings. The molecule has 0 saturated carbocycles. The SMILES string of the molecule is Cc1ccc(NC(=O)COc2ccc(F)cc2Br)cc1S(=O)(=O)N1CCCCC1. The minimum absolute atomic E-state index is 0.194. The van der Waals surface area contributed by atoms with Gasteiger partial charge in [0.05, 0.1) is 9.37 Å². The highest BCUT2D eigenvalue weighted by molar-refractivity contribution is 9.10. The van der Waals surface area contributed by atoms with E-state index in [1.165, 1.54) is 28.6 Å². The van der Waals surface area contributed by atoms with E-state index in [0.29, 0.717) is 34.6 Å². The zero-order chi connectivity index (χ0) is 21.0. The van der Waals surface area contributed by atoms with Crippen molar-refractivity contribution >= 4 is 37.5 Å². The van der Waals surface area contributed by atoms with E-state index in [0.717, 1.165) is 19.3 Å². The average molecular weight is 485 g/mol. The van der Waals surface area contributed by atoms with Crippen molar-refractivity contribution in [1.29, 1.82) is 0 Å². The summed E-state index contributed by atoms with van der Waals surface area (Å²) in [6.07, 6.45) is 2.74. The van der Waals surface area contributed by atoms with Gasteiger partial charge in [0.15, 0.2) is 6.61 Å². The van der Waals surface area contributed by atoms with Crippen LogP contribution in [0.1, 0.15) is 24.8 Å². The Morgan fingerprint density at radius 2 is 1.90 bits per heavy atom. The lowest BCUT2D eigenvalue weighted by Gasteiger charge is -2.26. The van der Waals surface area contributed by atoms with Gasteiger partial charge < -0.3 is 10.1 Å². The summed E-state index contributed by atoms with van der Waals surface area (Å²) >= 11 is 3.17. The topological polar surface area (TPSA) is 75.7 Å². The van der Waals surface area contributed by atoms with Crippen LogP contribution in [0.4, 0.5) is 10.1 Å². The normalized spacial score (nSPS) is 15.1. The van der Waals surface area contributed by atoms with Crippen LogP contribution in [0.2, 0.25) is 0 Å². The van der Waals surface area contributed by atoms with Crippen LogP contribution in [0, 0.1) is 12.7 Å². The number of rotatable bonds is 6. The van der Waals surface area contributed by atoms with E-state index in [1.54, 1.807) is 19.1 Å². The van der Waals surface area contributed by atoms with Crippen LogP contribution in [0.25, 0.3) is 0 Å². The highest BCUT2D eigenvalue weighted by Gasteiger charge is 2.27. The number of anilines is 1. The average Bonchev–Trinajstić information content (AvgIpc) is 2.69. The summed E-state index contributed by atoms with van der Waals surface area (Å²) in [4.78, 5) is 12.4. The highest BCUT2D eigenvalue weighted by atomic mass is 79.9. The molecular formula is C20H22BrFN2O4S. The molecule has 1 amide bonds. The zero-order valence-corrected chi connectivity index (χ0v) is 18.4. The Kier molecular flexibility index (Phi) is 6.92. The maximum absolute atomic E-state index is 13.1. The standard InChI is InChI=1S/C20H22BrFN2O4S/c1-14-5-7-16(12-19(14)29(26,27)24-9-3-2-4-10-24)23-20(25)13-28-18-8-6-15(22)11-17(18)21/h5-8,11-12H,2-4,9-10,13H2,1H3,(H,23,25). The largest absolute Gasteiger partial charge is 0.483 e. The molecule has 0 aliphatic carbocycles. The van der Waals surface area contributed by atoms with Crippen LogP contribution in [0.5, 0.6) is 5.75 Å². The molecule has 0 aromatic heterocycles. The van der Waals surface area contributed by atoms with Gasteiger partial charge in [0.1, 0.15) is 11.6 Å². The first-order chi connectivity index (χ1) is 13.8. The minimum atomic E-state index is -3.61. The predicted octanol–water partition coefficient (Wildman–Crippen LogP) is 4.09. The number of amides is 1. The number of piperidine rings is 1. The fourth-order valence-electron chi connectivity index (χ4n) is 3.13. The van der Waals surface area contributed by atoms with Gasteiger partial charge in [-0.15, -0.1) is 0 Å². The number of sulfonamides is 1. The molecular weight excluding hydrogens is 463 g/mol. The molecule has 2 aromatic carbocycles. The molecule has 3 rings (SSSR count). The fourth-order valence-corrected chi connectivity index (χ4v) is 5.37. The van der Waals surface area contributed by atoms with Crippen LogP contribution in [-0.2, 0) is 14.8 Å². The Labute approximate surface area is 178 Å². The maximum atomic E-state index is 13.1. The number of carbonyl (C=O) groups is 1. The van der Waals surface area contributed by atoms with Crippen molar-refractivity contribution in [2.24, 2.45) is 0 Å². The second-order valence-corrected chi connectivity index (χ2v) is 9.62. The van der Waals surface area contributed by atoms with Gasteiger partial charge in [0.2, 0.25) is 10.0 Å². The Hall–Kier alpha value is -1.97. The molecule has 9 heteroatoms. The van der Waals surface area contributed by atoms with Gasteiger partial charge in [-0.25, -0.2) is 12.8 Å². The van der Waals surface area contributed by atoms with Crippen LogP contribution in [0.3, 0.4) is 0 Å². The first kappa shape index (κ1) is 21.7. The third-order valence-electron chi connectivity index (χ3n) is 4.66. The van der Waals surface area contributed by atoms with Crippen LogP contribution >= 0.6 is 15.9 Å².